The predicted octanol–water partition coefficient (Wildman–Crippen LogP) is 5.89. The number of nitriles is 1. The number of carbonyl (C=O) groups is 1. The minimum atomic E-state index is -0.485. The van der Waals surface area contributed by atoms with Gasteiger partial charge in [0.2, 0.25) is 0 Å². The summed E-state index contributed by atoms with van der Waals surface area (Å²) in [6.45, 7) is 2.30. The highest BCUT2D eigenvalue weighted by atomic mass is 79.9. The van der Waals surface area contributed by atoms with Gasteiger partial charge in [-0.3, -0.25) is 4.79 Å². The molecule has 3 aromatic rings. The van der Waals surface area contributed by atoms with Gasteiger partial charge in [-0.15, -0.1) is 0 Å². The van der Waals surface area contributed by atoms with E-state index in [2.05, 4.69) is 21.2 Å². The van der Waals surface area contributed by atoms with Gasteiger partial charge >= 0.3 is 0 Å². The van der Waals surface area contributed by atoms with Crippen LogP contribution in [0.1, 0.15) is 16.7 Å². The molecule has 6 heteroatoms. The Morgan fingerprint density at radius 2 is 1.81 bits per heavy atom. The second kappa shape index (κ2) is 10.5. The molecule has 0 radical (unpaired) electrons. The molecule has 3 rings (SSSR count). The summed E-state index contributed by atoms with van der Waals surface area (Å²) in [5.74, 6) is 0.643. The summed E-state index contributed by atoms with van der Waals surface area (Å²) < 4.78 is 12.3. The fraction of sp³-hybridized carbons (Fsp3) is 0.120. The van der Waals surface area contributed by atoms with Crippen molar-refractivity contribution in [3.05, 3.63) is 93.5 Å². The normalized spacial score (nSPS) is 10.8. The van der Waals surface area contributed by atoms with E-state index in [0.717, 1.165) is 15.6 Å². The average molecular weight is 477 g/mol. The number of hydrogen-bond donors (Lipinski definition) is 1. The molecule has 1 amide bonds. The molecule has 0 aromatic heterocycles. The SMILES string of the molecule is COc1ccc(/C=C(\C#N)C(=O)Nc2ccc(C)cc2)c(OCc2ccc(Br)cc2)c1. The Labute approximate surface area is 190 Å². The van der Waals surface area contributed by atoms with Gasteiger partial charge in [-0.1, -0.05) is 45.8 Å². The first-order valence-electron chi connectivity index (χ1n) is 9.53. The van der Waals surface area contributed by atoms with Crippen molar-refractivity contribution < 1.29 is 14.3 Å². The molecule has 31 heavy (non-hydrogen) atoms. The smallest absolute Gasteiger partial charge is 0.266 e. The molecule has 5 nitrogen and oxygen atoms in total. The molecule has 0 unspecified atom stereocenters. The van der Waals surface area contributed by atoms with E-state index in [1.807, 2.05) is 49.4 Å². The Kier molecular flexibility index (Phi) is 7.47. The van der Waals surface area contributed by atoms with Crippen LogP contribution in [0.4, 0.5) is 5.69 Å². The lowest BCUT2D eigenvalue weighted by atomic mass is 10.1. The summed E-state index contributed by atoms with van der Waals surface area (Å²) in [6.07, 6.45) is 1.51. The monoisotopic (exact) mass is 476 g/mol. The van der Waals surface area contributed by atoms with Gasteiger partial charge in [0.1, 0.15) is 29.7 Å². The third kappa shape index (κ3) is 6.21. The number of methoxy groups -OCH3 is 1. The molecule has 156 valence electrons. The summed E-state index contributed by atoms with van der Waals surface area (Å²) in [5, 5.41) is 12.3. The first-order valence-corrected chi connectivity index (χ1v) is 10.3. The Morgan fingerprint density at radius 3 is 2.45 bits per heavy atom. The van der Waals surface area contributed by atoms with Crippen LogP contribution in [0, 0.1) is 18.3 Å². The molecule has 0 saturated carbocycles. The lowest BCUT2D eigenvalue weighted by Gasteiger charge is -2.12. The maximum Gasteiger partial charge on any atom is 0.266 e. The van der Waals surface area contributed by atoms with Crippen molar-refractivity contribution in [2.45, 2.75) is 13.5 Å². The number of nitrogens with one attached hydrogen (secondary N) is 1. The number of ether oxygens (including phenoxy) is 2. The minimum absolute atomic E-state index is 0.0285. The Morgan fingerprint density at radius 1 is 1.10 bits per heavy atom. The van der Waals surface area contributed by atoms with Crippen molar-refractivity contribution >= 4 is 33.6 Å². The van der Waals surface area contributed by atoms with Gasteiger partial charge in [0.25, 0.3) is 5.91 Å². The van der Waals surface area contributed by atoms with Gasteiger partial charge in [-0.05, 0) is 55.0 Å². The fourth-order valence-electron chi connectivity index (χ4n) is 2.77. The average Bonchev–Trinajstić information content (AvgIpc) is 2.79. The summed E-state index contributed by atoms with van der Waals surface area (Å²) in [4.78, 5) is 12.6. The molecule has 0 heterocycles. The van der Waals surface area contributed by atoms with Crippen LogP contribution in [0.25, 0.3) is 6.08 Å². The lowest BCUT2D eigenvalue weighted by molar-refractivity contribution is -0.112. The van der Waals surface area contributed by atoms with Crippen LogP contribution in [0.15, 0.2) is 76.8 Å². The third-order valence-electron chi connectivity index (χ3n) is 4.50. The maximum atomic E-state index is 12.6. The van der Waals surface area contributed by atoms with Crippen molar-refractivity contribution in [3.8, 4) is 17.6 Å². The number of halogens is 1. The molecule has 1 N–H and O–H groups in total. The van der Waals surface area contributed by atoms with Crippen LogP contribution in [-0.2, 0) is 11.4 Å². The lowest BCUT2D eigenvalue weighted by Crippen LogP contribution is -2.13. The predicted molar refractivity (Wildman–Crippen MR) is 125 cm³/mol. The highest BCUT2D eigenvalue weighted by molar-refractivity contribution is 9.10. The maximum absolute atomic E-state index is 12.6. The van der Waals surface area contributed by atoms with Gasteiger partial charge in [0.05, 0.1) is 7.11 Å². The van der Waals surface area contributed by atoms with Crippen LogP contribution >= 0.6 is 15.9 Å². The summed E-state index contributed by atoms with van der Waals surface area (Å²) in [7, 11) is 1.57. The summed E-state index contributed by atoms with van der Waals surface area (Å²) >= 11 is 3.41. The molecule has 0 aliphatic carbocycles. The highest BCUT2D eigenvalue weighted by Gasteiger charge is 2.12. The van der Waals surface area contributed by atoms with Gasteiger partial charge in [0.15, 0.2) is 0 Å². The van der Waals surface area contributed by atoms with Gasteiger partial charge in [0, 0.05) is 21.8 Å². The number of rotatable bonds is 7. The molecule has 3 aromatic carbocycles. The van der Waals surface area contributed by atoms with E-state index in [4.69, 9.17) is 9.47 Å². The molecular formula is C25H21BrN2O3. The molecule has 0 fully saturated rings. The molecule has 0 bridgehead atoms. The molecular weight excluding hydrogens is 456 g/mol. The number of carbonyl (C=O) groups excluding carboxylic acids is 1. The standard InChI is InChI=1S/C25H21BrN2O3/c1-17-3-10-22(11-4-17)28-25(29)20(15-27)13-19-7-12-23(30-2)14-24(19)31-16-18-5-8-21(26)9-6-18/h3-14H,16H2,1-2H3,(H,28,29)/b20-13+. The second-order valence-corrected chi connectivity index (χ2v) is 7.72. The Bertz CT molecular complexity index is 1130. The number of benzene rings is 3. The van der Waals surface area contributed by atoms with Crippen LogP contribution in [0.2, 0.25) is 0 Å². The second-order valence-electron chi connectivity index (χ2n) is 6.81. The Balaban J connectivity index is 1.83. The zero-order valence-electron chi connectivity index (χ0n) is 17.2. The number of aryl methyl sites for hydroxylation is 1. The summed E-state index contributed by atoms with van der Waals surface area (Å²) in [6, 6.07) is 22.4. The van der Waals surface area contributed by atoms with Crippen LogP contribution in [0.3, 0.4) is 0 Å². The van der Waals surface area contributed by atoms with E-state index in [1.165, 1.54) is 6.08 Å². The zero-order valence-corrected chi connectivity index (χ0v) is 18.8. The van der Waals surface area contributed by atoms with Gasteiger partial charge < -0.3 is 14.8 Å². The first-order chi connectivity index (χ1) is 15.0. The number of amides is 1. The summed E-state index contributed by atoms with van der Waals surface area (Å²) in [5.41, 5.74) is 3.27. The molecule has 0 aliphatic heterocycles. The quantitative estimate of drug-likeness (QED) is 0.340. The first kappa shape index (κ1) is 22.1. The van der Waals surface area contributed by atoms with Crippen molar-refractivity contribution in [1.82, 2.24) is 0 Å². The topological polar surface area (TPSA) is 71.3 Å². The van der Waals surface area contributed by atoms with Gasteiger partial charge in [-0.2, -0.15) is 5.26 Å². The van der Waals surface area contributed by atoms with E-state index in [9.17, 15) is 10.1 Å². The van der Waals surface area contributed by atoms with Crippen molar-refractivity contribution in [2.75, 3.05) is 12.4 Å². The van der Waals surface area contributed by atoms with Crippen LogP contribution < -0.4 is 14.8 Å². The van der Waals surface area contributed by atoms with Crippen LogP contribution in [-0.4, -0.2) is 13.0 Å². The number of anilines is 1. The van der Waals surface area contributed by atoms with E-state index in [0.29, 0.717) is 29.4 Å². The largest absolute Gasteiger partial charge is 0.497 e. The van der Waals surface area contributed by atoms with Crippen molar-refractivity contribution in [3.63, 3.8) is 0 Å². The highest BCUT2D eigenvalue weighted by Crippen LogP contribution is 2.28. The number of hydrogen-bond acceptors (Lipinski definition) is 4. The van der Waals surface area contributed by atoms with Crippen molar-refractivity contribution in [1.29, 1.82) is 5.26 Å². The molecule has 0 aliphatic rings. The van der Waals surface area contributed by atoms with E-state index >= 15 is 0 Å². The van der Waals surface area contributed by atoms with E-state index in [1.54, 1.807) is 37.4 Å². The molecule has 0 spiro atoms. The number of nitrogens with zero attached hydrogens (tertiary/aromatic N) is 1. The Hall–Kier alpha value is -3.56. The zero-order chi connectivity index (χ0) is 22.2. The van der Waals surface area contributed by atoms with Crippen LogP contribution in [0.5, 0.6) is 11.5 Å². The third-order valence-corrected chi connectivity index (χ3v) is 5.03. The van der Waals surface area contributed by atoms with E-state index in [-0.39, 0.29) is 5.57 Å². The minimum Gasteiger partial charge on any atom is -0.497 e. The molecule has 0 atom stereocenters. The molecule has 0 saturated heterocycles. The van der Waals surface area contributed by atoms with Gasteiger partial charge in [-0.25, -0.2) is 0 Å². The fourth-order valence-corrected chi connectivity index (χ4v) is 3.03. The van der Waals surface area contributed by atoms with E-state index < -0.39 is 5.91 Å². The van der Waals surface area contributed by atoms with Crippen molar-refractivity contribution in [2.24, 2.45) is 0 Å².